The molecule has 0 spiro atoms. The average molecular weight is 315 g/mol. The van der Waals surface area contributed by atoms with Gasteiger partial charge in [-0.05, 0) is 48.8 Å². The van der Waals surface area contributed by atoms with Crippen LogP contribution in [-0.2, 0) is 0 Å². The minimum absolute atomic E-state index is 0.419. The van der Waals surface area contributed by atoms with Gasteiger partial charge < -0.3 is 4.90 Å². The number of hydrogen-bond donors (Lipinski definition) is 0. The van der Waals surface area contributed by atoms with Gasteiger partial charge in [0.2, 0.25) is 0 Å². The normalized spacial score (nSPS) is 12.0. The van der Waals surface area contributed by atoms with Gasteiger partial charge in [0, 0.05) is 18.2 Å². The van der Waals surface area contributed by atoms with Crippen molar-refractivity contribution in [1.82, 2.24) is 4.90 Å². The van der Waals surface area contributed by atoms with Gasteiger partial charge in [0.25, 0.3) is 0 Å². The summed E-state index contributed by atoms with van der Waals surface area (Å²) in [5.74, 6) is -1.09. The van der Waals surface area contributed by atoms with Crippen LogP contribution in [-0.4, -0.2) is 24.5 Å². The highest BCUT2D eigenvalue weighted by atomic mass is 19.1. The Morgan fingerprint density at radius 1 is 1.00 bits per heavy atom. The zero-order valence-electron chi connectivity index (χ0n) is 13.9. The predicted octanol–water partition coefficient (Wildman–Crippen LogP) is 5.38. The van der Waals surface area contributed by atoms with Crippen LogP contribution in [0.5, 0.6) is 0 Å². The van der Waals surface area contributed by atoms with Gasteiger partial charge in [0.1, 0.15) is 11.6 Å². The van der Waals surface area contributed by atoms with E-state index >= 15 is 0 Å². The maximum atomic E-state index is 13.8. The summed E-state index contributed by atoms with van der Waals surface area (Å²) in [4.78, 5) is 2.34. The number of benzene rings is 2. The quantitative estimate of drug-likeness (QED) is 0.692. The van der Waals surface area contributed by atoms with E-state index in [0.717, 1.165) is 36.8 Å². The molecule has 0 aromatic heterocycles. The van der Waals surface area contributed by atoms with E-state index in [1.807, 2.05) is 24.3 Å². The minimum Gasteiger partial charge on any atom is -0.300 e. The fourth-order valence-corrected chi connectivity index (χ4v) is 2.50. The van der Waals surface area contributed by atoms with Crippen LogP contribution in [0.15, 0.2) is 48.5 Å². The van der Waals surface area contributed by atoms with Crippen LogP contribution < -0.4 is 0 Å². The van der Waals surface area contributed by atoms with Crippen molar-refractivity contribution in [1.29, 1.82) is 0 Å². The molecule has 0 radical (unpaired) electrons. The van der Waals surface area contributed by atoms with Crippen molar-refractivity contribution in [2.75, 3.05) is 19.6 Å². The first-order valence-corrected chi connectivity index (χ1v) is 8.00. The Kier molecular flexibility index (Phi) is 6.05. The molecule has 1 nitrogen and oxygen atoms in total. The first-order chi connectivity index (χ1) is 11.0. The van der Waals surface area contributed by atoms with E-state index in [4.69, 9.17) is 0 Å². The first-order valence-electron chi connectivity index (χ1n) is 8.00. The molecule has 122 valence electrons. The largest absolute Gasteiger partial charge is 0.300 e. The molecule has 2 rings (SSSR count). The summed E-state index contributed by atoms with van der Waals surface area (Å²) in [5, 5.41) is 0. The lowest BCUT2D eigenvalue weighted by atomic mass is 10.0. The summed E-state index contributed by atoms with van der Waals surface area (Å²) >= 11 is 0. The van der Waals surface area contributed by atoms with Crippen molar-refractivity contribution in [3.05, 3.63) is 65.7 Å². The summed E-state index contributed by atoms with van der Waals surface area (Å²) in [5.41, 5.74) is 3.48. The topological polar surface area (TPSA) is 3.24 Å². The number of nitrogens with zero attached hydrogens (tertiary/aromatic N) is 1. The van der Waals surface area contributed by atoms with E-state index in [1.165, 1.54) is 17.7 Å². The Hall–Kier alpha value is -2.00. The van der Waals surface area contributed by atoms with Crippen molar-refractivity contribution in [3.8, 4) is 11.1 Å². The van der Waals surface area contributed by atoms with E-state index < -0.39 is 11.6 Å². The molecule has 0 heterocycles. The lowest BCUT2D eigenvalue weighted by Crippen LogP contribution is -2.22. The molecule has 0 aliphatic heterocycles. The zero-order chi connectivity index (χ0) is 16.8. The Morgan fingerprint density at radius 3 is 2.22 bits per heavy atom. The van der Waals surface area contributed by atoms with Gasteiger partial charge >= 0.3 is 0 Å². The Labute approximate surface area is 137 Å². The van der Waals surface area contributed by atoms with Gasteiger partial charge in [-0.15, -0.1) is 0 Å². The molecule has 0 fully saturated rings. The number of hydrogen-bond acceptors (Lipinski definition) is 1. The van der Waals surface area contributed by atoms with Crippen molar-refractivity contribution < 1.29 is 8.78 Å². The molecular formula is C20H23F2N. The smallest absolute Gasteiger partial charge is 0.133 e. The number of allylic oxidation sites excluding steroid dienone is 1. The lowest BCUT2D eigenvalue weighted by Gasteiger charge is -2.16. The molecule has 0 saturated carbocycles. The standard InChI is InChI=1S/C20H23F2N/c1-4-23(5-2)13-12-15(3)16-6-8-17(9-7-16)19-11-10-18(21)14-20(19)22/h6-12,14H,4-5,13H2,1-3H3. The van der Waals surface area contributed by atoms with Crippen LogP contribution in [0, 0.1) is 11.6 Å². The lowest BCUT2D eigenvalue weighted by molar-refractivity contribution is 0.337. The molecule has 2 aromatic rings. The maximum absolute atomic E-state index is 13.8. The van der Waals surface area contributed by atoms with E-state index in [0.29, 0.717) is 5.56 Å². The Morgan fingerprint density at radius 2 is 1.65 bits per heavy atom. The molecule has 0 N–H and O–H groups in total. The van der Waals surface area contributed by atoms with E-state index in [2.05, 4.69) is 31.7 Å². The highest BCUT2D eigenvalue weighted by Gasteiger charge is 2.06. The highest BCUT2D eigenvalue weighted by molar-refractivity contribution is 5.70. The van der Waals surface area contributed by atoms with E-state index in [1.54, 1.807) is 0 Å². The number of rotatable bonds is 6. The molecule has 0 bridgehead atoms. The average Bonchev–Trinajstić information content (AvgIpc) is 2.56. The van der Waals surface area contributed by atoms with Gasteiger partial charge in [0.05, 0.1) is 0 Å². The molecule has 3 heteroatoms. The second kappa shape index (κ2) is 8.02. The summed E-state index contributed by atoms with van der Waals surface area (Å²) in [7, 11) is 0. The number of likely N-dealkylation sites (N-methyl/N-ethyl adjacent to an activating group) is 1. The van der Waals surface area contributed by atoms with Crippen LogP contribution >= 0.6 is 0 Å². The van der Waals surface area contributed by atoms with E-state index in [-0.39, 0.29) is 0 Å². The fourth-order valence-electron chi connectivity index (χ4n) is 2.50. The zero-order valence-corrected chi connectivity index (χ0v) is 13.9. The number of halogens is 2. The van der Waals surface area contributed by atoms with Crippen LogP contribution in [0.25, 0.3) is 16.7 Å². The highest BCUT2D eigenvalue weighted by Crippen LogP contribution is 2.25. The predicted molar refractivity (Wildman–Crippen MR) is 93.2 cm³/mol. The molecule has 0 atom stereocenters. The third kappa shape index (κ3) is 4.49. The molecule has 23 heavy (non-hydrogen) atoms. The summed E-state index contributed by atoms with van der Waals surface area (Å²) in [6.07, 6.45) is 2.21. The summed E-state index contributed by atoms with van der Waals surface area (Å²) in [6, 6.07) is 11.4. The van der Waals surface area contributed by atoms with Gasteiger partial charge in [-0.2, -0.15) is 0 Å². The van der Waals surface area contributed by atoms with Crippen molar-refractivity contribution >= 4 is 5.57 Å². The third-order valence-electron chi connectivity index (χ3n) is 4.13. The molecule has 0 unspecified atom stereocenters. The van der Waals surface area contributed by atoms with Crippen LogP contribution in [0.1, 0.15) is 26.3 Å². The third-order valence-corrected chi connectivity index (χ3v) is 4.13. The molecule has 0 aliphatic rings. The second-order valence-corrected chi connectivity index (χ2v) is 5.57. The van der Waals surface area contributed by atoms with Crippen molar-refractivity contribution in [2.24, 2.45) is 0 Å². The van der Waals surface area contributed by atoms with Crippen LogP contribution in [0.2, 0.25) is 0 Å². The fraction of sp³-hybridized carbons (Fsp3) is 0.300. The maximum Gasteiger partial charge on any atom is 0.133 e. The Balaban J connectivity index is 2.17. The van der Waals surface area contributed by atoms with Gasteiger partial charge in [-0.3, -0.25) is 0 Å². The summed E-state index contributed by atoms with van der Waals surface area (Å²) in [6.45, 7) is 9.37. The van der Waals surface area contributed by atoms with Crippen LogP contribution in [0.3, 0.4) is 0 Å². The van der Waals surface area contributed by atoms with Gasteiger partial charge in [-0.1, -0.05) is 44.2 Å². The molecule has 2 aromatic carbocycles. The second-order valence-electron chi connectivity index (χ2n) is 5.57. The minimum atomic E-state index is -0.557. The molecule has 0 amide bonds. The monoisotopic (exact) mass is 315 g/mol. The van der Waals surface area contributed by atoms with Crippen molar-refractivity contribution in [2.45, 2.75) is 20.8 Å². The van der Waals surface area contributed by atoms with Crippen LogP contribution in [0.4, 0.5) is 8.78 Å². The van der Waals surface area contributed by atoms with E-state index in [9.17, 15) is 8.78 Å². The molecular weight excluding hydrogens is 292 g/mol. The molecule has 0 aliphatic carbocycles. The first kappa shape index (κ1) is 17.4. The van der Waals surface area contributed by atoms with Gasteiger partial charge in [-0.25, -0.2) is 8.78 Å². The molecule has 0 saturated heterocycles. The van der Waals surface area contributed by atoms with Gasteiger partial charge in [0.15, 0.2) is 0 Å². The SMILES string of the molecule is CCN(CC)CC=C(C)c1ccc(-c2ccc(F)cc2F)cc1. The van der Waals surface area contributed by atoms with Crippen molar-refractivity contribution in [3.63, 3.8) is 0 Å². The Bertz CT molecular complexity index is 671. The summed E-state index contributed by atoms with van der Waals surface area (Å²) < 4.78 is 26.8.